The maximum absolute atomic E-state index is 9.17. The van der Waals surface area contributed by atoms with Gasteiger partial charge in [0.05, 0.1) is 6.10 Å². The van der Waals surface area contributed by atoms with Crippen LogP contribution in [-0.4, -0.2) is 5.11 Å². The van der Waals surface area contributed by atoms with Crippen LogP contribution in [-0.2, 0) is 6.42 Å². The Morgan fingerprint density at radius 1 is 1.50 bits per heavy atom. The molecule has 0 bridgehead atoms. The fourth-order valence-corrected chi connectivity index (χ4v) is 1.30. The van der Waals surface area contributed by atoms with Gasteiger partial charge < -0.3 is 10.8 Å². The molecular weight excluding hydrogens is 126 g/mol. The first kappa shape index (κ1) is 5.74. The fourth-order valence-electron chi connectivity index (χ4n) is 1.30. The second-order valence-corrected chi connectivity index (χ2v) is 2.68. The van der Waals surface area contributed by atoms with Gasteiger partial charge in [0, 0.05) is 12.1 Å². The van der Waals surface area contributed by atoms with Crippen molar-refractivity contribution in [1.82, 2.24) is 0 Å². The summed E-state index contributed by atoms with van der Waals surface area (Å²) in [4.78, 5) is 0. The predicted octanol–water partition coefficient (Wildman–Crippen LogP) is 0.858. The quantitative estimate of drug-likeness (QED) is 0.518. The van der Waals surface area contributed by atoms with E-state index in [4.69, 9.17) is 10.8 Å². The highest BCUT2D eigenvalue weighted by atomic mass is 16.3. The van der Waals surface area contributed by atoms with Gasteiger partial charge in [-0.2, -0.15) is 0 Å². The van der Waals surface area contributed by atoms with Gasteiger partial charge in [-0.15, -0.1) is 0 Å². The van der Waals surface area contributed by atoms with Gasteiger partial charge in [-0.25, -0.2) is 0 Å². The normalized spacial score (nSPS) is 21.5. The lowest BCUT2D eigenvalue weighted by Crippen LogP contribution is -2.16. The molecule has 1 aromatic rings. The van der Waals surface area contributed by atoms with Crippen molar-refractivity contribution in [3.8, 4) is 0 Å². The zero-order valence-corrected chi connectivity index (χ0v) is 5.54. The van der Waals surface area contributed by atoms with Crippen LogP contribution in [0, 0.1) is 0 Å². The Hall–Kier alpha value is -1.02. The van der Waals surface area contributed by atoms with Gasteiger partial charge in [0.15, 0.2) is 0 Å². The van der Waals surface area contributed by atoms with Crippen molar-refractivity contribution < 1.29 is 5.11 Å². The monoisotopic (exact) mass is 135 g/mol. The van der Waals surface area contributed by atoms with Crippen LogP contribution in [0.1, 0.15) is 17.2 Å². The lowest BCUT2D eigenvalue weighted by atomic mass is 9.85. The molecule has 0 radical (unpaired) electrons. The van der Waals surface area contributed by atoms with Gasteiger partial charge in [0.2, 0.25) is 0 Å². The molecule has 1 aromatic carbocycles. The summed E-state index contributed by atoms with van der Waals surface area (Å²) in [6.07, 6.45) is 0.522. The van der Waals surface area contributed by atoms with Crippen LogP contribution in [0.15, 0.2) is 18.2 Å². The summed E-state index contributed by atoms with van der Waals surface area (Å²) in [6.45, 7) is 0. The molecule has 52 valence electrons. The Labute approximate surface area is 59.3 Å². The number of nitrogen functional groups attached to an aromatic ring is 1. The van der Waals surface area contributed by atoms with Gasteiger partial charge in [-0.05, 0) is 23.3 Å². The van der Waals surface area contributed by atoms with E-state index < -0.39 is 0 Å². The Bertz CT molecular complexity index is 270. The zero-order chi connectivity index (χ0) is 7.14. The first-order chi connectivity index (χ1) is 4.77. The van der Waals surface area contributed by atoms with Crippen molar-refractivity contribution in [3.63, 3.8) is 0 Å². The van der Waals surface area contributed by atoms with Crippen LogP contribution in [0.4, 0.5) is 5.69 Å². The maximum Gasteiger partial charge on any atom is 0.0833 e. The highest BCUT2D eigenvalue weighted by Crippen LogP contribution is 2.33. The number of aliphatic hydroxyl groups excluding tert-OH is 1. The average molecular weight is 135 g/mol. The topological polar surface area (TPSA) is 46.2 Å². The lowest BCUT2D eigenvalue weighted by molar-refractivity contribution is 0.154. The molecular formula is C8H9NO. The van der Waals surface area contributed by atoms with E-state index in [0.717, 1.165) is 17.7 Å². The molecule has 2 nitrogen and oxygen atoms in total. The van der Waals surface area contributed by atoms with Gasteiger partial charge in [-0.1, -0.05) is 6.07 Å². The number of hydrogen-bond donors (Lipinski definition) is 2. The zero-order valence-electron chi connectivity index (χ0n) is 5.54. The van der Waals surface area contributed by atoms with Crippen LogP contribution >= 0.6 is 0 Å². The average Bonchev–Trinajstić information content (AvgIpc) is 1.92. The molecule has 1 aliphatic carbocycles. The van der Waals surface area contributed by atoms with E-state index in [-0.39, 0.29) is 6.10 Å². The van der Waals surface area contributed by atoms with Crippen LogP contribution in [0.5, 0.6) is 0 Å². The van der Waals surface area contributed by atoms with E-state index in [1.165, 1.54) is 5.56 Å². The maximum atomic E-state index is 9.17. The summed E-state index contributed by atoms with van der Waals surface area (Å²) in [6, 6.07) is 5.67. The van der Waals surface area contributed by atoms with Crippen molar-refractivity contribution in [3.05, 3.63) is 29.3 Å². The number of anilines is 1. The molecule has 2 heteroatoms. The molecule has 0 aromatic heterocycles. The van der Waals surface area contributed by atoms with E-state index in [1.54, 1.807) is 0 Å². The SMILES string of the molecule is Nc1ccc2c(c1)C(O)C2. The van der Waals surface area contributed by atoms with Gasteiger partial charge in [0.1, 0.15) is 0 Å². The van der Waals surface area contributed by atoms with Crippen molar-refractivity contribution in [2.24, 2.45) is 0 Å². The number of aliphatic hydroxyl groups is 1. The van der Waals surface area contributed by atoms with Gasteiger partial charge in [-0.3, -0.25) is 0 Å². The van der Waals surface area contributed by atoms with Gasteiger partial charge in [0.25, 0.3) is 0 Å². The Morgan fingerprint density at radius 2 is 2.30 bits per heavy atom. The minimum absolute atomic E-state index is 0.265. The third kappa shape index (κ3) is 0.625. The fraction of sp³-hybridized carbons (Fsp3) is 0.250. The molecule has 10 heavy (non-hydrogen) atoms. The number of hydrogen-bond acceptors (Lipinski definition) is 2. The van der Waals surface area contributed by atoms with Crippen molar-refractivity contribution in [2.75, 3.05) is 5.73 Å². The molecule has 0 saturated heterocycles. The van der Waals surface area contributed by atoms with Crippen LogP contribution in [0.25, 0.3) is 0 Å². The predicted molar refractivity (Wildman–Crippen MR) is 39.5 cm³/mol. The van der Waals surface area contributed by atoms with Crippen LogP contribution < -0.4 is 5.73 Å². The first-order valence-electron chi connectivity index (χ1n) is 3.34. The number of fused-ring (bicyclic) bond motifs is 1. The number of benzene rings is 1. The summed E-state index contributed by atoms with van der Waals surface area (Å²) in [5, 5.41) is 9.17. The Kier molecular flexibility index (Phi) is 0.995. The molecule has 1 atom stereocenters. The van der Waals surface area contributed by atoms with E-state index in [0.29, 0.717) is 0 Å². The van der Waals surface area contributed by atoms with Crippen molar-refractivity contribution in [1.29, 1.82) is 0 Å². The molecule has 1 unspecified atom stereocenters. The third-order valence-corrected chi connectivity index (χ3v) is 1.94. The Balaban J connectivity index is 2.51. The minimum atomic E-state index is -0.265. The molecule has 3 N–H and O–H groups in total. The summed E-state index contributed by atoms with van der Waals surface area (Å²) in [5.41, 5.74) is 8.47. The molecule has 0 fully saturated rings. The summed E-state index contributed by atoms with van der Waals surface area (Å²) < 4.78 is 0. The van der Waals surface area contributed by atoms with E-state index >= 15 is 0 Å². The highest BCUT2D eigenvalue weighted by Gasteiger charge is 2.22. The van der Waals surface area contributed by atoms with Crippen LogP contribution in [0.2, 0.25) is 0 Å². The third-order valence-electron chi connectivity index (χ3n) is 1.94. The van der Waals surface area contributed by atoms with Gasteiger partial charge >= 0.3 is 0 Å². The number of rotatable bonds is 0. The van der Waals surface area contributed by atoms with Crippen LogP contribution in [0.3, 0.4) is 0 Å². The highest BCUT2D eigenvalue weighted by molar-refractivity contribution is 5.49. The summed E-state index contributed by atoms with van der Waals surface area (Å²) in [7, 11) is 0. The molecule has 0 aliphatic heterocycles. The molecule has 0 saturated carbocycles. The molecule has 0 heterocycles. The second-order valence-electron chi connectivity index (χ2n) is 2.68. The van der Waals surface area contributed by atoms with Crippen molar-refractivity contribution in [2.45, 2.75) is 12.5 Å². The number of nitrogens with two attached hydrogens (primary N) is 1. The molecule has 0 amide bonds. The molecule has 1 aliphatic rings. The largest absolute Gasteiger partial charge is 0.399 e. The Morgan fingerprint density at radius 3 is 2.90 bits per heavy atom. The van der Waals surface area contributed by atoms with Crippen molar-refractivity contribution >= 4 is 5.69 Å². The smallest absolute Gasteiger partial charge is 0.0833 e. The first-order valence-corrected chi connectivity index (χ1v) is 3.34. The molecule has 0 spiro atoms. The summed E-state index contributed by atoms with van der Waals surface area (Å²) in [5.74, 6) is 0. The van der Waals surface area contributed by atoms with E-state index in [9.17, 15) is 0 Å². The molecule has 2 rings (SSSR count). The summed E-state index contributed by atoms with van der Waals surface area (Å²) >= 11 is 0. The second kappa shape index (κ2) is 1.73. The minimum Gasteiger partial charge on any atom is -0.399 e. The standard InChI is InChI=1S/C8H9NO/c9-6-2-1-5-3-8(10)7(5)4-6/h1-2,4,8,10H,3,9H2. The van der Waals surface area contributed by atoms with E-state index in [1.807, 2.05) is 18.2 Å². The van der Waals surface area contributed by atoms with E-state index in [2.05, 4.69) is 0 Å². The lowest BCUT2D eigenvalue weighted by Gasteiger charge is -2.25.